The van der Waals surface area contributed by atoms with Crippen LogP contribution in [0.25, 0.3) is 0 Å². The van der Waals surface area contributed by atoms with Crippen LogP contribution in [0.4, 0.5) is 0 Å². The maximum absolute atomic E-state index is 11.1. The predicted molar refractivity (Wildman–Crippen MR) is 75.4 cm³/mol. The van der Waals surface area contributed by atoms with Crippen LogP contribution >= 0.6 is 11.6 Å². The molecule has 0 aliphatic heterocycles. The second kappa shape index (κ2) is 6.43. The molecule has 19 heavy (non-hydrogen) atoms. The van der Waals surface area contributed by atoms with E-state index in [1.54, 1.807) is 12.3 Å². The summed E-state index contributed by atoms with van der Waals surface area (Å²) >= 11 is 6.05. The molecule has 0 aliphatic carbocycles. The number of pyridine rings is 1. The summed E-state index contributed by atoms with van der Waals surface area (Å²) in [5.74, 6) is 0.812. The molecule has 0 spiro atoms. The first kappa shape index (κ1) is 13.7. The lowest BCUT2D eigenvalue weighted by molar-refractivity contribution is -0.605. The Balaban J connectivity index is 1.92. The summed E-state index contributed by atoms with van der Waals surface area (Å²) in [6.07, 6.45) is 4.61. The van der Waals surface area contributed by atoms with Gasteiger partial charge in [-0.15, -0.1) is 0 Å². The maximum atomic E-state index is 11.1. The van der Waals surface area contributed by atoms with Gasteiger partial charge in [0.15, 0.2) is 12.4 Å². The van der Waals surface area contributed by atoms with Gasteiger partial charge in [-0.25, -0.2) is 0 Å². The maximum Gasteiger partial charge on any atom is 0.183 e. The fraction of sp³-hybridized carbons (Fsp3) is 0.267. The molecule has 0 atom stereocenters. The van der Waals surface area contributed by atoms with Crippen molar-refractivity contribution in [3.05, 3.63) is 64.1 Å². The second-order valence-corrected chi connectivity index (χ2v) is 4.68. The Bertz CT molecular complexity index is 558. The van der Waals surface area contributed by atoms with E-state index in [2.05, 4.69) is 6.92 Å². The molecule has 1 aromatic carbocycles. The van der Waals surface area contributed by atoms with Gasteiger partial charge >= 0.3 is 0 Å². The van der Waals surface area contributed by atoms with Gasteiger partial charge in [-0.05, 0) is 36.2 Å². The third kappa shape index (κ3) is 3.86. The number of hydrogen-bond acceptors (Lipinski definition) is 2. The SMILES string of the molecule is CCc1cc(OCCc2ccc[n+]([O-])c2)ccc1Cl. The number of aromatic nitrogens is 1. The quantitative estimate of drug-likeness (QED) is 0.622. The van der Waals surface area contributed by atoms with Crippen molar-refractivity contribution in [2.45, 2.75) is 19.8 Å². The normalized spacial score (nSPS) is 10.4. The third-order valence-corrected chi connectivity index (χ3v) is 3.26. The van der Waals surface area contributed by atoms with E-state index < -0.39 is 0 Å². The summed E-state index contributed by atoms with van der Waals surface area (Å²) in [6.45, 7) is 2.59. The number of rotatable bonds is 5. The highest BCUT2D eigenvalue weighted by Gasteiger charge is 2.02. The summed E-state index contributed by atoms with van der Waals surface area (Å²) in [5, 5.41) is 11.9. The summed E-state index contributed by atoms with van der Waals surface area (Å²) in [6, 6.07) is 9.32. The zero-order chi connectivity index (χ0) is 13.7. The van der Waals surface area contributed by atoms with Crippen molar-refractivity contribution in [3.8, 4) is 5.75 Å². The molecule has 0 saturated heterocycles. The molecule has 0 fully saturated rings. The molecular formula is C15H16ClNO2. The Morgan fingerprint density at radius 2 is 2.16 bits per heavy atom. The van der Waals surface area contributed by atoms with Crippen molar-refractivity contribution in [2.24, 2.45) is 0 Å². The lowest BCUT2D eigenvalue weighted by atomic mass is 10.1. The Morgan fingerprint density at radius 3 is 2.89 bits per heavy atom. The molecule has 0 saturated carbocycles. The minimum Gasteiger partial charge on any atom is -0.619 e. The molecule has 2 rings (SSSR count). The monoisotopic (exact) mass is 277 g/mol. The Kier molecular flexibility index (Phi) is 4.63. The highest BCUT2D eigenvalue weighted by atomic mass is 35.5. The number of halogens is 1. The van der Waals surface area contributed by atoms with Crippen molar-refractivity contribution in [3.63, 3.8) is 0 Å². The first-order valence-corrected chi connectivity index (χ1v) is 6.65. The molecule has 0 bridgehead atoms. The first-order chi connectivity index (χ1) is 9.19. The predicted octanol–water partition coefficient (Wildman–Crippen LogP) is 3.16. The Labute approximate surface area is 118 Å². The fourth-order valence-corrected chi connectivity index (χ4v) is 2.10. The Morgan fingerprint density at radius 1 is 1.32 bits per heavy atom. The molecule has 0 unspecified atom stereocenters. The summed E-state index contributed by atoms with van der Waals surface area (Å²) in [7, 11) is 0. The zero-order valence-corrected chi connectivity index (χ0v) is 11.6. The number of benzene rings is 1. The number of aryl methyl sites for hydroxylation is 1. The molecule has 0 radical (unpaired) electrons. The summed E-state index contributed by atoms with van der Waals surface area (Å²) < 4.78 is 6.48. The highest BCUT2D eigenvalue weighted by molar-refractivity contribution is 6.31. The van der Waals surface area contributed by atoms with Crippen LogP contribution in [0.2, 0.25) is 5.02 Å². The van der Waals surface area contributed by atoms with Crippen LogP contribution in [0.15, 0.2) is 42.7 Å². The molecule has 0 amide bonds. The third-order valence-electron chi connectivity index (χ3n) is 2.89. The molecule has 1 heterocycles. The van der Waals surface area contributed by atoms with E-state index in [-0.39, 0.29) is 0 Å². The van der Waals surface area contributed by atoms with Crippen LogP contribution in [0, 0.1) is 5.21 Å². The number of hydrogen-bond donors (Lipinski definition) is 0. The van der Waals surface area contributed by atoms with Gasteiger partial charge in [0.1, 0.15) is 5.75 Å². The summed E-state index contributed by atoms with van der Waals surface area (Å²) in [4.78, 5) is 0. The molecule has 2 aromatic rings. The van der Waals surface area contributed by atoms with Gasteiger partial charge in [-0.2, -0.15) is 4.73 Å². The molecule has 4 heteroatoms. The molecular weight excluding hydrogens is 262 g/mol. The fourth-order valence-electron chi connectivity index (χ4n) is 1.85. The van der Waals surface area contributed by atoms with Crippen LogP contribution < -0.4 is 9.47 Å². The lowest BCUT2D eigenvalue weighted by Crippen LogP contribution is -2.25. The highest BCUT2D eigenvalue weighted by Crippen LogP contribution is 2.22. The van der Waals surface area contributed by atoms with Crippen LogP contribution in [0.5, 0.6) is 5.75 Å². The van der Waals surface area contributed by atoms with Crippen LogP contribution in [0.3, 0.4) is 0 Å². The lowest BCUT2D eigenvalue weighted by Gasteiger charge is -2.08. The van der Waals surface area contributed by atoms with Gasteiger partial charge in [0, 0.05) is 23.1 Å². The van der Waals surface area contributed by atoms with E-state index in [4.69, 9.17) is 16.3 Å². The minimum absolute atomic E-state index is 0.537. The van der Waals surface area contributed by atoms with Crippen LogP contribution in [-0.4, -0.2) is 6.61 Å². The van der Waals surface area contributed by atoms with Crippen molar-refractivity contribution < 1.29 is 9.47 Å². The van der Waals surface area contributed by atoms with Gasteiger partial charge in [0.25, 0.3) is 0 Å². The van der Waals surface area contributed by atoms with E-state index >= 15 is 0 Å². The van der Waals surface area contributed by atoms with Gasteiger partial charge in [0.2, 0.25) is 0 Å². The molecule has 100 valence electrons. The van der Waals surface area contributed by atoms with E-state index in [0.29, 0.717) is 13.0 Å². The molecule has 0 aliphatic rings. The van der Waals surface area contributed by atoms with E-state index in [0.717, 1.165) is 33.1 Å². The second-order valence-electron chi connectivity index (χ2n) is 4.28. The molecule has 1 aromatic heterocycles. The summed E-state index contributed by atoms with van der Waals surface area (Å²) in [5.41, 5.74) is 2.04. The molecule has 0 N–H and O–H groups in total. The average molecular weight is 278 g/mol. The van der Waals surface area contributed by atoms with Crippen molar-refractivity contribution in [1.82, 2.24) is 0 Å². The van der Waals surface area contributed by atoms with Crippen LogP contribution in [-0.2, 0) is 12.8 Å². The van der Waals surface area contributed by atoms with Crippen molar-refractivity contribution in [1.29, 1.82) is 0 Å². The number of nitrogens with zero attached hydrogens (tertiary/aromatic N) is 1. The average Bonchev–Trinajstić information content (AvgIpc) is 2.41. The Hall–Kier alpha value is -1.74. The van der Waals surface area contributed by atoms with Gasteiger partial charge < -0.3 is 9.94 Å². The topological polar surface area (TPSA) is 36.2 Å². The number of ether oxygens (including phenoxy) is 1. The largest absolute Gasteiger partial charge is 0.619 e. The van der Waals surface area contributed by atoms with Gasteiger partial charge in [-0.3, -0.25) is 0 Å². The first-order valence-electron chi connectivity index (χ1n) is 6.28. The van der Waals surface area contributed by atoms with E-state index in [1.165, 1.54) is 6.20 Å². The zero-order valence-electron chi connectivity index (χ0n) is 10.8. The van der Waals surface area contributed by atoms with Crippen molar-refractivity contribution in [2.75, 3.05) is 6.61 Å². The van der Waals surface area contributed by atoms with Gasteiger partial charge in [-0.1, -0.05) is 18.5 Å². The van der Waals surface area contributed by atoms with Gasteiger partial charge in [0.05, 0.1) is 6.61 Å². The van der Waals surface area contributed by atoms with E-state index in [1.807, 2.05) is 24.3 Å². The smallest absolute Gasteiger partial charge is 0.183 e. The van der Waals surface area contributed by atoms with Crippen molar-refractivity contribution >= 4 is 11.6 Å². The minimum atomic E-state index is 0.537. The molecule has 3 nitrogen and oxygen atoms in total. The van der Waals surface area contributed by atoms with E-state index in [9.17, 15) is 5.21 Å². The standard InChI is InChI=1S/C15H16ClNO2/c1-2-13-10-14(5-6-15(13)16)19-9-7-12-4-3-8-17(18)11-12/h3-6,8,10-11H,2,7,9H2,1H3. The van der Waals surface area contributed by atoms with Crippen LogP contribution in [0.1, 0.15) is 18.1 Å².